The van der Waals surface area contributed by atoms with E-state index in [1.54, 1.807) is 0 Å². The smallest absolute Gasteiger partial charge is 0.142 e. The first-order valence-corrected chi connectivity index (χ1v) is 6.61. The summed E-state index contributed by atoms with van der Waals surface area (Å²) in [4.78, 5) is 8.64. The van der Waals surface area contributed by atoms with Crippen molar-refractivity contribution in [1.29, 1.82) is 0 Å². The first-order chi connectivity index (χ1) is 8.58. The highest BCUT2D eigenvalue weighted by Gasteiger charge is 2.13. The molecule has 0 fully saturated rings. The molecule has 0 N–H and O–H groups in total. The Hall–Kier alpha value is -1.12. The fourth-order valence-electron chi connectivity index (χ4n) is 1.75. The zero-order valence-corrected chi connectivity index (χ0v) is 11.8. The van der Waals surface area contributed by atoms with Crippen LogP contribution in [-0.4, -0.2) is 9.97 Å². The van der Waals surface area contributed by atoms with Gasteiger partial charge in [0.25, 0.3) is 0 Å². The van der Waals surface area contributed by atoms with Gasteiger partial charge in [-0.05, 0) is 11.5 Å². The molecule has 2 aromatic rings. The molecule has 0 radical (unpaired) electrons. The molecule has 0 amide bonds. The van der Waals surface area contributed by atoms with Crippen molar-refractivity contribution in [1.82, 2.24) is 9.97 Å². The minimum Gasteiger partial charge on any atom is -0.220 e. The number of nitrogens with zero attached hydrogens (tertiary/aromatic N) is 2. The lowest BCUT2D eigenvalue weighted by atomic mass is 10.1. The van der Waals surface area contributed by atoms with Crippen molar-refractivity contribution >= 4 is 23.2 Å². The van der Waals surface area contributed by atoms with Gasteiger partial charge in [0.1, 0.15) is 16.1 Å². The molecular weight excluding hydrogens is 267 g/mol. The minimum absolute atomic E-state index is 0.414. The van der Waals surface area contributed by atoms with E-state index in [9.17, 15) is 0 Å². The molecule has 2 nitrogen and oxygen atoms in total. The summed E-state index contributed by atoms with van der Waals surface area (Å²) in [5, 5.41) is 0.828. The van der Waals surface area contributed by atoms with Crippen LogP contribution in [0, 0.1) is 5.92 Å². The molecule has 18 heavy (non-hydrogen) atoms. The van der Waals surface area contributed by atoms with Crippen LogP contribution in [0.4, 0.5) is 0 Å². The van der Waals surface area contributed by atoms with Crippen LogP contribution in [0.3, 0.4) is 0 Å². The van der Waals surface area contributed by atoms with Crippen LogP contribution in [0.1, 0.15) is 19.7 Å². The third kappa shape index (κ3) is 3.01. The van der Waals surface area contributed by atoms with Gasteiger partial charge >= 0.3 is 0 Å². The van der Waals surface area contributed by atoms with E-state index in [2.05, 4.69) is 23.8 Å². The summed E-state index contributed by atoms with van der Waals surface area (Å²) in [5.74, 6) is 1.17. The minimum atomic E-state index is 0.414. The molecule has 0 saturated carbocycles. The Balaban J connectivity index is 2.45. The summed E-state index contributed by atoms with van der Waals surface area (Å²) >= 11 is 12.4. The summed E-state index contributed by atoms with van der Waals surface area (Å²) < 4.78 is 0. The fourth-order valence-corrected chi connectivity index (χ4v) is 2.39. The molecule has 94 valence electrons. The van der Waals surface area contributed by atoms with E-state index in [4.69, 9.17) is 23.2 Å². The molecule has 0 aliphatic carbocycles. The lowest BCUT2D eigenvalue weighted by Crippen LogP contribution is -2.02. The second-order valence-electron chi connectivity index (χ2n) is 4.56. The maximum absolute atomic E-state index is 6.22. The highest BCUT2D eigenvalue weighted by molar-refractivity contribution is 6.37. The summed E-state index contributed by atoms with van der Waals surface area (Å²) in [6, 6.07) is 9.70. The van der Waals surface area contributed by atoms with E-state index >= 15 is 0 Å². The van der Waals surface area contributed by atoms with Crippen molar-refractivity contribution in [3.63, 3.8) is 0 Å². The summed E-state index contributed by atoms with van der Waals surface area (Å²) in [6.07, 6.45) is 0.772. The van der Waals surface area contributed by atoms with Crippen molar-refractivity contribution < 1.29 is 0 Å². The van der Waals surface area contributed by atoms with Crippen LogP contribution in [0.2, 0.25) is 10.3 Å². The van der Waals surface area contributed by atoms with Gasteiger partial charge in [-0.3, -0.25) is 0 Å². The maximum atomic E-state index is 6.22. The van der Waals surface area contributed by atoms with Crippen molar-refractivity contribution in [3.8, 4) is 11.1 Å². The third-order valence-electron chi connectivity index (χ3n) is 2.52. The lowest BCUT2D eigenvalue weighted by molar-refractivity contribution is 0.621. The number of hydrogen-bond donors (Lipinski definition) is 0. The number of aromatic nitrogens is 2. The van der Waals surface area contributed by atoms with Crippen molar-refractivity contribution in [2.75, 3.05) is 0 Å². The van der Waals surface area contributed by atoms with Gasteiger partial charge in [-0.2, -0.15) is 0 Å². The SMILES string of the molecule is CC(C)Cc1nc(Cl)c(-c2ccccc2)c(Cl)n1. The van der Waals surface area contributed by atoms with Crippen molar-refractivity contribution in [2.45, 2.75) is 20.3 Å². The molecule has 0 saturated heterocycles. The molecule has 0 atom stereocenters. The van der Waals surface area contributed by atoms with Crippen LogP contribution in [0.5, 0.6) is 0 Å². The Morgan fingerprint density at radius 3 is 2.06 bits per heavy atom. The second-order valence-corrected chi connectivity index (χ2v) is 5.28. The average Bonchev–Trinajstić information content (AvgIpc) is 2.28. The molecule has 0 aliphatic rings. The largest absolute Gasteiger partial charge is 0.220 e. The molecule has 4 heteroatoms. The third-order valence-corrected chi connectivity index (χ3v) is 3.07. The van der Waals surface area contributed by atoms with Crippen molar-refractivity contribution in [2.24, 2.45) is 5.92 Å². The van der Waals surface area contributed by atoms with Crippen LogP contribution in [0.15, 0.2) is 30.3 Å². The molecule has 1 aromatic heterocycles. The summed E-state index contributed by atoms with van der Waals surface area (Å²) in [5.41, 5.74) is 1.63. The molecule has 1 heterocycles. The molecule has 0 unspecified atom stereocenters. The van der Waals surface area contributed by atoms with Crippen LogP contribution < -0.4 is 0 Å². The van der Waals surface area contributed by atoms with Gasteiger partial charge in [-0.15, -0.1) is 0 Å². The lowest BCUT2D eigenvalue weighted by Gasteiger charge is -2.09. The highest BCUT2D eigenvalue weighted by atomic mass is 35.5. The Morgan fingerprint density at radius 2 is 1.56 bits per heavy atom. The average molecular weight is 281 g/mol. The molecule has 0 bridgehead atoms. The van der Waals surface area contributed by atoms with Crippen LogP contribution in [0.25, 0.3) is 11.1 Å². The fraction of sp³-hybridized carbons (Fsp3) is 0.286. The Labute approximate surface area is 117 Å². The van der Waals surface area contributed by atoms with E-state index in [0.717, 1.165) is 12.0 Å². The van der Waals surface area contributed by atoms with Gasteiger partial charge in [0.15, 0.2) is 0 Å². The maximum Gasteiger partial charge on any atom is 0.142 e. The molecule has 0 spiro atoms. The van der Waals surface area contributed by atoms with Crippen LogP contribution in [-0.2, 0) is 6.42 Å². The van der Waals surface area contributed by atoms with E-state index in [-0.39, 0.29) is 0 Å². The summed E-state index contributed by atoms with van der Waals surface area (Å²) in [6.45, 7) is 4.21. The number of rotatable bonds is 3. The van der Waals surface area contributed by atoms with E-state index < -0.39 is 0 Å². The predicted octanol–water partition coefficient (Wildman–Crippen LogP) is 4.65. The number of hydrogen-bond acceptors (Lipinski definition) is 2. The number of benzene rings is 1. The monoisotopic (exact) mass is 280 g/mol. The standard InChI is InChI=1S/C14H14Cl2N2/c1-9(2)8-11-17-13(15)12(14(16)18-11)10-6-4-3-5-7-10/h3-7,9H,8H2,1-2H3. The van der Waals surface area contributed by atoms with Gasteiger partial charge in [0, 0.05) is 6.42 Å². The van der Waals surface area contributed by atoms with Gasteiger partial charge in [0.05, 0.1) is 5.56 Å². The van der Waals surface area contributed by atoms with Gasteiger partial charge in [-0.1, -0.05) is 67.4 Å². The topological polar surface area (TPSA) is 25.8 Å². The van der Waals surface area contributed by atoms with Gasteiger partial charge in [0.2, 0.25) is 0 Å². The Kier molecular flexibility index (Phi) is 4.20. The van der Waals surface area contributed by atoms with E-state index in [1.165, 1.54) is 0 Å². The summed E-state index contributed by atoms with van der Waals surface area (Å²) in [7, 11) is 0. The van der Waals surface area contributed by atoms with Gasteiger partial charge < -0.3 is 0 Å². The first kappa shape index (κ1) is 13.3. The quantitative estimate of drug-likeness (QED) is 0.765. The molecule has 0 aliphatic heterocycles. The predicted molar refractivity (Wildman–Crippen MR) is 76.0 cm³/mol. The molecule has 1 aromatic carbocycles. The van der Waals surface area contributed by atoms with E-state index in [1.807, 2.05) is 30.3 Å². The molecular formula is C14H14Cl2N2. The molecule has 2 rings (SSSR count). The van der Waals surface area contributed by atoms with Crippen LogP contribution >= 0.6 is 23.2 Å². The number of halogens is 2. The Morgan fingerprint density at radius 1 is 1.00 bits per heavy atom. The van der Waals surface area contributed by atoms with Gasteiger partial charge in [-0.25, -0.2) is 9.97 Å². The highest BCUT2D eigenvalue weighted by Crippen LogP contribution is 2.32. The Bertz CT molecular complexity index is 516. The normalized spacial score (nSPS) is 10.9. The zero-order chi connectivity index (χ0) is 13.1. The van der Waals surface area contributed by atoms with E-state index in [0.29, 0.717) is 27.6 Å². The second kappa shape index (κ2) is 5.68. The zero-order valence-electron chi connectivity index (χ0n) is 10.3. The first-order valence-electron chi connectivity index (χ1n) is 5.85. The van der Waals surface area contributed by atoms with Crippen molar-refractivity contribution in [3.05, 3.63) is 46.5 Å².